The second-order valence-corrected chi connectivity index (χ2v) is 9.24. The average molecular weight is 485 g/mol. The van der Waals surface area contributed by atoms with Crippen molar-refractivity contribution in [3.63, 3.8) is 0 Å². The number of aryl methyl sites for hydroxylation is 4. The van der Waals surface area contributed by atoms with E-state index in [4.69, 9.17) is 8.83 Å². The van der Waals surface area contributed by atoms with E-state index >= 15 is 0 Å². The van der Waals surface area contributed by atoms with Gasteiger partial charge in [-0.2, -0.15) is 5.10 Å². The summed E-state index contributed by atoms with van der Waals surface area (Å²) in [4.78, 5) is 30.0. The van der Waals surface area contributed by atoms with Crippen LogP contribution < -0.4 is 10.7 Å². The molecule has 0 radical (unpaired) electrons. The molecule has 1 aliphatic carbocycles. The van der Waals surface area contributed by atoms with E-state index in [0.29, 0.717) is 35.7 Å². The van der Waals surface area contributed by atoms with Crippen LogP contribution in [0.3, 0.4) is 0 Å². The number of hydrogen-bond donors (Lipinski definition) is 2. The number of fused-ring (bicyclic) bond motifs is 2. The summed E-state index contributed by atoms with van der Waals surface area (Å²) in [5, 5.41) is 8.16. The third kappa shape index (κ3) is 4.42. The van der Waals surface area contributed by atoms with Crippen LogP contribution in [0.15, 0.2) is 50.5 Å². The molecule has 0 spiro atoms. The minimum Gasteiger partial charge on any atom is -0.464 e. The molecule has 0 bridgehead atoms. The Hall–Kier alpha value is -4.20. The van der Waals surface area contributed by atoms with Gasteiger partial charge in [0, 0.05) is 34.2 Å². The lowest BCUT2D eigenvalue weighted by Crippen LogP contribution is -2.23. The fourth-order valence-electron chi connectivity index (χ4n) is 4.65. The second-order valence-electron chi connectivity index (χ2n) is 9.24. The predicted molar refractivity (Wildman–Crippen MR) is 137 cm³/mol. The van der Waals surface area contributed by atoms with Crippen molar-refractivity contribution in [1.82, 2.24) is 10.4 Å². The van der Waals surface area contributed by atoms with Crippen LogP contribution in [-0.4, -0.2) is 22.5 Å². The normalized spacial score (nSPS) is 14.2. The number of rotatable bonds is 5. The zero-order chi connectivity index (χ0) is 25.4. The number of benzene rings is 1. The molecule has 36 heavy (non-hydrogen) atoms. The molecule has 8 nitrogen and oxygen atoms in total. The summed E-state index contributed by atoms with van der Waals surface area (Å²) >= 11 is 0. The van der Waals surface area contributed by atoms with Gasteiger partial charge in [-0.1, -0.05) is 18.2 Å². The van der Waals surface area contributed by atoms with E-state index in [9.17, 15) is 9.59 Å². The van der Waals surface area contributed by atoms with Crippen LogP contribution in [0.1, 0.15) is 62.7 Å². The monoisotopic (exact) mass is 484 g/mol. The molecule has 0 atom stereocenters. The first kappa shape index (κ1) is 23.5. The molecule has 2 amide bonds. The lowest BCUT2D eigenvalue weighted by Gasteiger charge is -2.13. The van der Waals surface area contributed by atoms with E-state index in [-0.39, 0.29) is 24.0 Å². The van der Waals surface area contributed by atoms with Gasteiger partial charge in [0.1, 0.15) is 17.2 Å². The van der Waals surface area contributed by atoms with Gasteiger partial charge in [0.25, 0.3) is 5.91 Å². The van der Waals surface area contributed by atoms with Crippen molar-refractivity contribution >= 4 is 34.3 Å². The highest BCUT2D eigenvalue weighted by Crippen LogP contribution is 2.30. The minimum atomic E-state index is -0.360. The molecule has 3 aromatic heterocycles. The fraction of sp³-hybridized carbons (Fsp3) is 0.286. The number of furan rings is 2. The quantitative estimate of drug-likeness (QED) is 0.373. The molecule has 2 N–H and O–H groups in total. The largest absolute Gasteiger partial charge is 0.464 e. The van der Waals surface area contributed by atoms with E-state index in [1.165, 1.54) is 0 Å². The maximum atomic E-state index is 12.9. The molecule has 8 heteroatoms. The molecule has 3 heterocycles. The Morgan fingerprint density at radius 3 is 2.69 bits per heavy atom. The summed E-state index contributed by atoms with van der Waals surface area (Å²) in [5.41, 5.74) is 9.55. The van der Waals surface area contributed by atoms with Gasteiger partial charge in [-0.3, -0.25) is 9.59 Å². The molecule has 5 rings (SSSR count). The first-order valence-corrected chi connectivity index (χ1v) is 12.0. The van der Waals surface area contributed by atoms with Gasteiger partial charge >= 0.3 is 0 Å². The maximum absolute atomic E-state index is 12.9. The van der Waals surface area contributed by atoms with Gasteiger partial charge in [0.15, 0.2) is 5.76 Å². The van der Waals surface area contributed by atoms with Crippen molar-refractivity contribution < 1.29 is 18.4 Å². The number of nitrogens with one attached hydrogen (secondary N) is 2. The van der Waals surface area contributed by atoms with Gasteiger partial charge < -0.3 is 14.2 Å². The van der Waals surface area contributed by atoms with E-state index in [1.54, 1.807) is 12.3 Å². The molecule has 0 saturated heterocycles. The summed E-state index contributed by atoms with van der Waals surface area (Å²) in [6.07, 6.45) is 4.00. The van der Waals surface area contributed by atoms with Gasteiger partial charge in [0.05, 0.1) is 18.4 Å². The Bertz CT molecular complexity index is 1530. The summed E-state index contributed by atoms with van der Waals surface area (Å²) in [6, 6.07) is 9.44. The van der Waals surface area contributed by atoms with Gasteiger partial charge in [0.2, 0.25) is 5.91 Å². The SMILES string of the molecule is Cc1cccc(NC(=O)c2oc3c(c2C)/C(=N/NC(=O)Cc2coc4c(C)c(C)ccc24)CCC3)n1. The van der Waals surface area contributed by atoms with Crippen molar-refractivity contribution in [3.8, 4) is 0 Å². The van der Waals surface area contributed by atoms with Crippen LogP contribution in [0.2, 0.25) is 0 Å². The van der Waals surface area contributed by atoms with Crippen molar-refractivity contribution in [2.45, 2.75) is 53.4 Å². The Labute approximate surface area is 208 Å². The zero-order valence-corrected chi connectivity index (χ0v) is 20.8. The summed E-state index contributed by atoms with van der Waals surface area (Å²) in [6.45, 7) is 7.74. The maximum Gasteiger partial charge on any atom is 0.292 e. The Kier molecular flexibility index (Phi) is 6.18. The third-order valence-electron chi connectivity index (χ3n) is 6.67. The van der Waals surface area contributed by atoms with E-state index < -0.39 is 0 Å². The lowest BCUT2D eigenvalue weighted by molar-refractivity contribution is -0.120. The number of pyridine rings is 1. The van der Waals surface area contributed by atoms with Crippen LogP contribution in [0.5, 0.6) is 0 Å². The number of aromatic nitrogens is 1. The Morgan fingerprint density at radius 2 is 1.89 bits per heavy atom. The van der Waals surface area contributed by atoms with E-state index in [0.717, 1.165) is 45.3 Å². The highest BCUT2D eigenvalue weighted by Gasteiger charge is 2.28. The van der Waals surface area contributed by atoms with E-state index in [1.807, 2.05) is 52.0 Å². The Balaban J connectivity index is 1.33. The van der Waals surface area contributed by atoms with Crippen LogP contribution in [-0.2, 0) is 17.6 Å². The molecule has 1 aromatic carbocycles. The molecule has 4 aromatic rings. The molecule has 1 aliphatic rings. The first-order valence-electron chi connectivity index (χ1n) is 12.0. The summed E-state index contributed by atoms with van der Waals surface area (Å²) in [5.74, 6) is 0.813. The molecule has 0 saturated carbocycles. The van der Waals surface area contributed by atoms with Gasteiger partial charge in [-0.15, -0.1) is 0 Å². The van der Waals surface area contributed by atoms with Crippen molar-refractivity contribution in [1.29, 1.82) is 0 Å². The number of anilines is 1. The topological polar surface area (TPSA) is 110 Å². The van der Waals surface area contributed by atoms with Crippen LogP contribution in [0.4, 0.5) is 5.82 Å². The number of nitrogens with zero attached hydrogens (tertiary/aromatic N) is 2. The highest BCUT2D eigenvalue weighted by atomic mass is 16.4. The van der Waals surface area contributed by atoms with Crippen LogP contribution >= 0.6 is 0 Å². The van der Waals surface area contributed by atoms with E-state index in [2.05, 4.69) is 20.8 Å². The van der Waals surface area contributed by atoms with Crippen LogP contribution in [0, 0.1) is 27.7 Å². The number of hydrazone groups is 1. The summed E-state index contributed by atoms with van der Waals surface area (Å²) < 4.78 is 11.7. The fourth-order valence-corrected chi connectivity index (χ4v) is 4.65. The second kappa shape index (κ2) is 9.45. The predicted octanol–water partition coefficient (Wildman–Crippen LogP) is 5.31. The minimum absolute atomic E-state index is 0.153. The standard InChI is InChI=1S/C28H28N4O4/c1-15-11-12-20-19(14-35-26(20)17(15)3)13-24(33)32-31-21-8-6-9-22-25(21)18(4)27(36-22)28(34)30-23-10-5-7-16(2)29-23/h5,7,10-12,14H,6,8-9,13H2,1-4H3,(H,32,33)(H,29,30,34)/b31-21+. The van der Waals surface area contributed by atoms with Gasteiger partial charge in [-0.05, 0) is 63.8 Å². The molecular formula is C28H28N4O4. The zero-order valence-electron chi connectivity index (χ0n) is 20.8. The average Bonchev–Trinajstić information content (AvgIpc) is 3.41. The van der Waals surface area contributed by atoms with Crippen molar-refractivity contribution in [3.05, 3.63) is 81.6 Å². The van der Waals surface area contributed by atoms with Crippen LogP contribution in [0.25, 0.3) is 11.0 Å². The lowest BCUT2D eigenvalue weighted by atomic mass is 9.93. The third-order valence-corrected chi connectivity index (χ3v) is 6.67. The molecule has 0 unspecified atom stereocenters. The number of hydrogen-bond acceptors (Lipinski definition) is 6. The molecule has 0 aliphatic heterocycles. The number of carbonyl (C=O) groups excluding carboxylic acids is 2. The molecule has 0 fully saturated rings. The number of amides is 2. The van der Waals surface area contributed by atoms with Crippen molar-refractivity contribution in [2.75, 3.05) is 5.32 Å². The Morgan fingerprint density at radius 1 is 1.06 bits per heavy atom. The molecule has 184 valence electrons. The number of carbonyl (C=O) groups is 2. The molecular weight excluding hydrogens is 456 g/mol. The first-order chi connectivity index (χ1) is 17.3. The smallest absolute Gasteiger partial charge is 0.292 e. The van der Waals surface area contributed by atoms with Gasteiger partial charge in [-0.25, -0.2) is 10.4 Å². The highest BCUT2D eigenvalue weighted by molar-refractivity contribution is 6.09. The summed E-state index contributed by atoms with van der Waals surface area (Å²) in [7, 11) is 0. The van der Waals surface area contributed by atoms with Crippen molar-refractivity contribution in [2.24, 2.45) is 5.10 Å².